The van der Waals surface area contributed by atoms with Gasteiger partial charge in [-0.15, -0.1) is 0 Å². The Morgan fingerprint density at radius 3 is 1.33 bits per heavy atom. The molecule has 1 heteroatoms. The second kappa shape index (κ2) is 3.70. The van der Waals surface area contributed by atoms with E-state index in [1.807, 2.05) is 0 Å². The van der Waals surface area contributed by atoms with Crippen molar-refractivity contribution < 1.29 is 4.70 Å². The van der Waals surface area contributed by atoms with Crippen LogP contribution >= 0.6 is 0 Å². The van der Waals surface area contributed by atoms with Crippen LogP contribution in [-0.2, 0) is 0 Å². The number of hydrogen-bond donors (Lipinski definition) is 0. The Kier molecular flexibility index (Phi) is 2.38. The van der Waals surface area contributed by atoms with E-state index in [2.05, 4.69) is 60.7 Å². The van der Waals surface area contributed by atoms with E-state index in [0.29, 0.717) is 0 Å². The summed E-state index contributed by atoms with van der Waals surface area (Å²) in [6.07, 6.45) is 0. The lowest BCUT2D eigenvalue weighted by molar-refractivity contribution is 1.11. The summed E-state index contributed by atoms with van der Waals surface area (Å²) in [6.45, 7) is 0. The molecule has 0 N–H and O–H groups in total. The summed E-state index contributed by atoms with van der Waals surface area (Å²) in [4.78, 5) is 0. The molecule has 0 aromatic heterocycles. The molecular weight excluding hydrogens is 187 g/mol. The van der Waals surface area contributed by atoms with Crippen molar-refractivity contribution in [1.82, 2.24) is 0 Å². The minimum absolute atomic E-state index is 0. The Bertz CT molecular complexity index is 544. The lowest BCUT2D eigenvalue weighted by Crippen LogP contribution is -1.75. The Balaban J connectivity index is 0.000000853. The first-order valence-corrected chi connectivity index (χ1v) is 4.82. The summed E-state index contributed by atoms with van der Waals surface area (Å²) in [5, 5.41) is 5.30. The van der Waals surface area contributed by atoms with Crippen LogP contribution in [-0.4, -0.2) is 0 Å². The van der Waals surface area contributed by atoms with Gasteiger partial charge in [0.05, 0.1) is 0 Å². The van der Waals surface area contributed by atoms with Gasteiger partial charge in [0.25, 0.3) is 0 Å². The molecule has 0 nitrogen and oxygen atoms in total. The number of hydrogen-bond acceptors (Lipinski definition) is 0. The Morgan fingerprint density at radius 2 is 0.867 bits per heavy atom. The standard InChI is InChI=1S/C14H10.FH/c1-3-7-13-11(5-1)9-10-12-6-2-4-8-14(12)13;/h1-10H;1H. The average Bonchev–Trinajstić information content (AvgIpc) is 2.29. The molecule has 0 aliphatic carbocycles. The fraction of sp³-hybridized carbons (Fsp3) is 0. The number of halogens is 1. The van der Waals surface area contributed by atoms with E-state index in [-0.39, 0.29) is 4.70 Å². The van der Waals surface area contributed by atoms with Gasteiger partial charge >= 0.3 is 0 Å². The van der Waals surface area contributed by atoms with E-state index in [9.17, 15) is 0 Å². The Labute approximate surface area is 87.5 Å². The molecule has 3 aromatic carbocycles. The highest BCUT2D eigenvalue weighted by molar-refractivity contribution is 6.07. The monoisotopic (exact) mass is 198 g/mol. The van der Waals surface area contributed by atoms with Crippen molar-refractivity contribution >= 4 is 21.5 Å². The van der Waals surface area contributed by atoms with Crippen LogP contribution in [0.2, 0.25) is 0 Å². The average molecular weight is 198 g/mol. The SMILES string of the molecule is F.c1ccc2c(c1)ccc1ccccc12. The molecule has 74 valence electrons. The summed E-state index contributed by atoms with van der Waals surface area (Å²) in [6, 6.07) is 21.4. The van der Waals surface area contributed by atoms with Crippen molar-refractivity contribution in [3.63, 3.8) is 0 Å². The third kappa shape index (κ3) is 1.46. The van der Waals surface area contributed by atoms with Crippen molar-refractivity contribution in [2.45, 2.75) is 0 Å². The minimum atomic E-state index is 0. The topological polar surface area (TPSA) is 0 Å². The summed E-state index contributed by atoms with van der Waals surface area (Å²) < 4.78 is 0. The predicted octanol–water partition coefficient (Wildman–Crippen LogP) is 4.15. The smallest absolute Gasteiger partial charge is 0.0105 e. The van der Waals surface area contributed by atoms with Gasteiger partial charge in [-0.25, -0.2) is 0 Å². The van der Waals surface area contributed by atoms with E-state index < -0.39 is 0 Å². The van der Waals surface area contributed by atoms with Gasteiger partial charge in [-0.3, -0.25) is 4.70 Å². The molecule has 0 fully saturated rings. The molecule has 0 saturated heterocycles. The third-order valence-corrected chi connectivity index (χ3v) is 2.65. The summed E-state index contributed by atoms with van der Waals surface area (Å²) in [5.41, 5.74) is 0. The Hall–Kier alpha value is -1.89. The van der Waals surface area contributed by atoms with Crippen molar-refractivity contribution in [3.8, 4) is 0 Å². The molecule has 15 heavy (non-hydrogen) atoms. The van der Waals surface area contributed by atoms with Gasteiger partial charge in [0.2, 0.25) is 0 Å². The molecule has 0 aliphatic rings. The second-order valence-corrected chi connectivity index (χ2v) is 3.51. The lowest BCUT2D eigenvalue weighted by atomic mass is 10.0. The van der Waals surface area contributed by atoms with Crippen LogP contribution in [0.3, 0.4) is 0 Å². The molecule has 0 bridgehead atoms. The maximum Gasteiger partial charge on any atom is -0.0105 e. The summed E-state index contributed by atoms with van der Waals surface area (Å²) in [5.74, 6) is 0. The van der Waals surface area contributed by atoms with Gasteiger partial charge in [0.1, 0.15) is 0 Å². The van der Waals surface area contributed by atoms with Gasteiger partial charge in [-0.05, 0) is 21.5 Å². The van der Waals surface area contributed by atoms with Crippen LogP contribution in [0.4, 0.5) is 4.70 Å². The quantitative estimate of drug-likeness (QED) is 0.476. The van der Waals surface area contributed by atoms with E-state index in [0.717, 1.165) is 0 Å². The largest absolute Gasteiger partial charge is 0.269 e. The molecule has 0 heterocycles. The Morgan fingerprint density at radius 1 is 0.467 bits per heavy atom. The zero-order valence-electron chi connectivity index (χ0n) is 8.18. The zero-order chi connectivity index (χ0) is 9.38. The third-order valence-electron chi connectivity index (χ3n) is 2.65. The fourth-order valence-electron chi connectivity index (χ4n) is 1.95. The molecule has 0 amide bonds. The second-order valence-electron chi connectivity index (χ2n) is 3.51. The number of fused-ring (bicyclic) bond motifs is 3. The van der Waals surface area contributed by atoms with Crippen LogP contribution in [0.15, 0.2) is 60.7 Å². The molecule has 3 rings (SSSR count). The van der Waals surface area contributed by atoms with Crippen molar-refractivity contribution in [2.24, 2.45) is 0 Å². The predicted molar refractivity (Wildman–Crippen MR) is 64.0 cm³/mol. The summed E-state index contributed by atoms with van der Waals surface area (Å²) in [7, 11) is 0. The van der Waals surface area contributed by atoms with Gasteiger partial charge < -0.3 is 0 Å². The molecule has 0 saturated carbocycles. The van der Waals surface area contributed by atoms with E-state index in [4.69, 9.17) is 0 Å². The zero-order valence-corrected chi connectivity index (χ0v) is 8.18. The van der Waals surface area contributed by atoms with Gasteiger partial charge in [-0.1, -0.05) is 60.7 Å². The van der Waals surface area contributed by atoms with Gasteiger partial charge in [0, 0.05) is 0 Å². The van der Waals surface area contributed by atoms with E-state index in [1.54, 1.807) is 0 Å². The first kappa shape index (κ1) is 9.66. The molecule has 0 radical (unpaired) electrons. The first-order valence-electron chi connectivity index (χ1n) is 4.82. The molecule has 3 aromatic rings. The molecule has 0 atom stereocenters. The normalized spacial score (nSPS) is 10.1. The highest BCUT2D eigenvalue weighted by atomic mass is 19.0. The molecule has 0 aliphatic heterocycles. The minimum Gasteiger partial charge on any atom is -0.269 e. The van der Waals surface area contributed by atoms with Crippen LogP contribution < -0.4 is 0 Å². The highest BCUT2D eigenvalue weighted by Crippen LogP contribution is 2.24. The van der Waals surface area contributed by atoms with Crippen molar-refractivity contribution in [2.75, 3.05) is 0 Å². The van der Waals surface area contributed by atoms with Crippen LogP contribution in [0.5, 0.6) is 0 Å². The lowest BCUT2D eigenvalue weighted by Gasteiger charge is -2.02. The van der Waals surface area contributed by atoms with Crippen molar-refractivity contribution in [1.29, 1.82) is 0 Å². The first-order chi connectivity index (χ1) is 6.95. The molecular formula is C14H11F. The van der Waals surface area contributed by atoms with Crippen molar-refractivity contribution in [3.05, 3.63) is 60.7 Å². The molecule has 0 spiro atoms. The van der Waals surface area contributed by atoms with Gasteiger partial charge in [0.15, 0.2) is 0 Å². The maximum atomic E-state index is 2.18. The number of rotatable bonds is 0. The van der Waals surface area contributed by atoms with E-state index >= 15 is 0 Å². The van der Waals surface area contributed by atoms with Crippen LogP contribution in [0.25, 0.3) is 21.5 Å². The van der Waals surface area contributed by atoms with Gasteiger partial charge in [-0.2, -0.15) is 0 Å². The maximum absolute atomic E-state index is 2.18. The van der Waals surface area contributed by atoms with E-state index in [1.165, 1.54) is 21.5 Å². The highest BCUT2D eigenvalue weighted by Gasteiger charge is 1.97. The van der Waals surface area contributed by atoms with Crippen LogP contribution in [0, 0.1) is 0 Å². The molecule has 0 unspecified atom stereocenters. The van der Waals surface area contributed by atoms with Crippen LogP contribution in [0.1, 0.15) is 0 Å². The summed E-state index contributed by atoms with van der Waals surface area (Å²) >= 11 is 0. The fourth-order valence-corrected chi connectivity index (χ4v) is 1.95. The number of benzene rings is 3.